The summed E-state index contributed by atoms with van der Waals surface area (Å²) in [6.45, 7) is -0.143. The summed E-state index contributed by atoms with van der Waals surface area (Å²) in [6.07, 6.45) is -1.23. The maximum atomic E-state index is 12.8. The van der Waals surface area contributed by atoms with Crippen LogP contribution in [0.4, 0.5) is 24.8 Å². The average Bonchev–Trinajstić information content (AvgIpc) is 2.86. The minimum Gasteiger partial charge on any atom is -0.394 e. The van der Waals surface area contributed by atoms with Gasteiger partial charge in [0, 0.05) is 0 Å². The minimum atomic E-state index is -4.48. The number of nitrogens with one attached hydrogen (secondary N) is 2. The summed E-state index contributed by atoms with van der Waals surface area (Å²) in [5.74, 6) is 5.13. The normalized spacial score (nSPS) is 18.1. The minimum absolute atomic E-state index is 0.0590. The first-order valence-electron chi connectivity index (χ1n) is 6.33. The van der Waals surface area contributed by atoms with E-state index in [4.69, 9.17) is 5.84 Å². The Morgan fingerprint density at radius 1 is 1.25 bits per heavy atom. The lowest BCUT2D eigenvalue weighted by Gasteiger charge is -2.29. The maximum absolute atomic E-state index is 12.8. The fourth-order valence-electron chi connectivity index (χ4n) is 2.48. The Morgan fingerprint density at radius 3 is 2.35 bits per heavy atom. The van der Waals surface area contributed by atoms with Crippen molar-refractivity contribution in [3.05, 3.63) is 17.7 Å². The summed E-state index contributed by atoms with van der Waals surface area (Å²) in [7, 11) is 0. The molecule has 5 N–H and O–H groups in total. The van der Waals surface area contributed by atoms with Gasteiger partial charge in [0.05, 0.1) is 17.7 Å². The molecule has 1 aromatic rings. The zero-order valence-corrected chi connectivity index (χ0v) is 10.8. The maximum Gasteiger partial charge on any atom is 0.416 e. The molecular weight excluding hydrogens is 273 g/mol. The molecule has 1 heterocycles. The first-order valence-corrected chi connectivity index (χ1v) is 6.33. The summed E-state index contributed by atoms with van der Waals surface area (Å²) in [4.78, 5) is 3.96. The number of rotatable bonds is 4. The first-order chi connectivity index (χ1) is 9.38. The van der Waals surface area contributed by atoms with Gasteiger partial charge in [0.1, 0.15) is 11.6 Å². The quantitative estimate of drug-likeness (QED) is 0.504. The van der Waals surface area contributed by atoms with Crippen molar-refractivity contribution in [1.82, 2.24) is 4.98 Å². The third kappa shape index (κ3) is 3.13. The molecule has 0 unspecified atom stereocenters. The van der Waals surface area contributed by atoms with Crippen LogP contribution in [-0.2, 0) is 6.18 Å². The smallest absolute Gasteiger partial charge is 0.394 e. The molecule has 20 heavy (non-hydrogen) atoms. The molecule has 1 aliphatic rings. The molecule has 1 fully saturated rings. The number of anilines is 2. The second-order valence-corrected chi connectivity index (χ2v) is 5.04. The number of nitrogen functional groups attached to an aromatic ring is 1. The molecule has 0 amide bonds. The van der Waals surface area contributed by atoms with Crippen LogP contribution < -0.4 is 16.6 Å². The van der Waals surface area contributed by atoms with E-state index in [0.29, 0.717) is 12.8 Å². The van der Waals surface area contributed by atoms with E-state index in [0.717, 1.165) is 25.0 Å². The average molecular weight is 290 g/mol. The van der Waals surface area contributed by atoms with Crippen molar-refractivity contribution in [2.24, 2.45) is 5.84 Å². The molecular formula is C12H17F3N4O. The SMILES string of the molecule is NNc1cc(C(F)(F)F)cc(NC2(CO)CCCC2)n1. The third-order valence-electron chi connectivity index (χ3n) is 3.56. The zero-order valence-electron chi connectivity index (χ0n) is 10.8. The van der Waals surface area contributed by atoms with Crippen LogP contribution in [0.1, 0.15) is 31.2 Å². The monoisotopic (exact) mass is 290 g/mol. The lowest BCUT2D eigenvalue weighted by molar-refractivity contribution is -0.137. The van der Waals surface area contributed by atoms with Gasteiger partial charge in [-0.15, -0.1) is 0 Å². The molecule has 1 saturated carbocycles. The molecule has 1 aromatic heterocycles. The summed E-state index contributed by atoms with van der Waals surface area (Å²) < 4.78 is 38.4. The van der Waals surface area contributed by atoms with E-state index < -0.39 is 17.3 Å². The fraction of sp³-hybridized carbons (Fsp3) is 0.583. The van der Waals surface area contributed by atoms with Crippen molar-refractivity contribution < 1.29 is 18.3 Å². The number of halogens is 3. The second-order valence-electron chi connectivity index (χ2n) is 5.04. The number of pyridine rings is 1. The molecule has 0 saturated heterocycles. The molecule has 0 atom stereocenters. The largest absolute Gasteiger partial charge is 0.416 e. The Hall–Kier alpha value is -1.54. The van der Waals surface area contributed by atoms with Gasteiger partial charge in [-0.05, 0) is 25.0 Å². The van der Waals surface area contributed by atoms with E-state index in [1.807, 2.05) is 0 Å². The highest BCUT2D eigenvalue weighted by atomic mass is 19.4. The number of hydrogen-bond donors (Lipinski definition) is 4. The molecule has 0 bridgehead atoms. The van der Waals surface area contributed by atoms with Crippen LogP contribution in [0.25, 0.3) is 0 Å². The zero-order chi connectivity index (χ0) is 14.8. The van der Waals surface area contributed by atoms with Crippen molar-refractivity contribution >= 4 is 11.6 Å². The fourth-order valence-corrected chi connectivity index (χ4v) is 2.48. The molecule has 1 aliphatic carbocycles. The summed E-state index contributed by atoms with van der Waals surface area (Å²) >= 11 is 0. The van der Waals surface area contributed by atoms with Gasteiger partial charge in [0.25, 0.3) is 0 Å². The number of hydrogen-bond acceptors (Lipinski definition) is 5. The highest BCUT2D eigenvalue weighted by Crippen LogP contribution is 2.35. The van der Waals surface area contributed by atoms with Gasteiger partial charge in [-0.3, -0.25) is 0 Å². The summed E-state index contributed by atoms with van der Waals surface area (Å²) in [6, 6.07) is 1.77. The Balaban J connectivity index is 2.31. The van der Waals surface area contributed by atoms with E-state index in [1.54, 1.807) is 0 Å². The Kier molecular flexibility index (Phi) is 4.05. The molecule has 0 aliphatic heterocycles. The van der Waals surface area contributed by atoms with E-state index in [2.05, 4.69) is 15.7 Å². The topological polar surface area (TPSA) is 83.2 Å². The van der Waals surface area contributed by atoms with Gasteiger partial charge in [0.15, 0.2) is 0 Å². The van der Waals surface area contributed by atoms with Crippen LogP contribution in [0.3, 0.4) is 0 Å². The molecule has 5 nitrogen and oxygen atoms in total. The molecule has 112 valence electrons. The van der Waals surface area contributed by atoms with Crippen LogP contribution in [-0.4, -0.2) is 22.2 Å². The summed E-state index contributed by atoms with van der Waals surface area (Å²) in [5.41, 5.74) is 0.689. The van der Waals surface area contributed by atoms with Crippen molar-refractivity contribution in [3.63, 3.8) is 0 Å². The summed E-state index contributed by atoms with van der Waals surface area (Å²) in [5, 5.41) is 12.4. The van der Waals surface area contributed by atoms with Gasteiger partial charge in [-0.25, -0.2) is 10.8 Å². The third-order valence-corrected chi connectivity index (χ3v) is 3.56. The van der Waals surface area contributed by atoms with Crippen LogP contribution in [0, 0.1) is 0 Å². The van der Waals surface area contributed by atoms with E-state index >= 15 is 0 Å². The van der Waals surface area contributed by atoms with Gasteiger partial charge < -0.3 is 15.8 Å². The Morgan fingerprint density at radius 2 is 1.85 bits per heavy atom. The number of alkyl halides is 3. The molecule has 0 spiro atoms. The highest BCUT2D eigenvalue weighted by Gasteiger charge is 2.35. The lowest BCUT2D eigenvalue weighted by atomic mass is 9.99. The predicted octanol–water partition coefficient (Wildman–Crippen LogP) is 2.10. The second kappa shape index (κ2) is 5.45. The van der Waals surface area contributed by atoms with E-state index in [9.17, 15) is 18.3 Å². The van der Waals surface area contributed by atoms with Crippen molar-refractivity contribution in [1.29, 1.82) is 0 Å². The Labute approximate surface area is 114 Å². The van der Waals surface area contributed by atoms with Crippen molar-refractivity contribution in [2.75, 3.05) is 17.3 Å². The molecule has 2 rings (SSSR count). The van der Waals surface area contributed by atoms with E-state index in [1.165, 1.54) is 0 Å². The van der Waals surface area contributed by atoms with Crippen LogP contribution in [0.2, 0.25) is 0 Å². The van der Waals surface area contributed by atoms with Crippen molar-refractivity contribution in [3.8, 4) is 0 Å². The number of hydrazine groups is 1. The number of nitrogens with zero attached hydrogens (tertiary/aromatic N) is 1. The Bertz CT molecular complexity index is 472. The van der Waals surface area contributed by atoms with Crippen LogP contribution in [0.5, 0.6) is 0 Å². The number of aliphatic hydroxyl groups excluding tert-OH is 1. The van der Waals surface area contributed by atoms with E-state index in [-0.39, 0.29) is 18.2 Å². The molecule has 0 radical (unpaired) electrons. The number of aromatic nitrogens is 1. The molecule has 0 aromatic carbocycles. The van der Waals surface area contributed by atoms with Gasteiger partial charge in [0.2, 0.25) is 0 Å². The van der Waals surface area contributed by atoms with Crippen LogP contribution in [0.15, 0.2) is 12.1 Å². The van der Waals surface area contributed by atoms with Gasteiger partial charge >= 0.3 is 6.18 Å². The first kappa shape index (κ1) is 14.9. The molecule has 8 heteroatoms. The van der Waals surface area contributed by atoms with Crippen molar-refractivity contribution in [2.45, 2.75) is 37.4 Å². The highest BCUT2D eigenvalue weighted by molar-refractivity contribution is 5.50. The standard InChI is InChI=1S/C12H17F3N4O/c13-12(14,15)8-5-9(17-10(6-8)19-16)18-11(7-20)3-1-2-4-11/h5-6,20H,1-4,7,16H2,(H2,17,18,19). The number of aliphatic hydroxyl groups is 1. The predicted molar refractivity (Wildman–Crippen MR) is 69.0 cm³/mol. The lowest BCUT2D eigenvalue weighted by Crippen LogP contribution is -2.39. The number of nitrogens with two attached hydrogens (primary N) is 1. The van der Waals surface area contributed by atoms with Gasteiger partial charge in [-0.2, -0.15) is 13.2 Å². The van der Waals surface area contributed by atoms with Crippen LogP contribution >= 0.6 is 0 Å². The van der Waals surface area contributed by atoms with Gasteiger partial charge in [-0.1, -0.05) is 12.8 Å².